The summed E-state index contributed by atoms with van der Waals surface area (Å²) in [5, 5.41) is 0. The van der Waals surface area contributed by atoms with E-state index in [1.165, 1.54) is 19.6 Å². The number of rotatable bonds is 9. The van der Waals surface area contributed by atoms with Gasteiger partial charge in [-0.1, -0.05) is 31.2 Å². The molecule has 5 rings (SSSR count). The summed E-state index contributed by atoms with van der Waals surface area (Å²) in [5.74, 6) is -0.240. The van der Waals surface area contributed by atoms with Crippen molar-refractivity contribution in [2.45, 2.75) is 52.2 Å². The number of aryl methyl sites for hydroxylation is 1. The standard InChI is InChI=1S/C33H41N5O4/c1-5-27-19-24-9-6-7-10-26(24)21-38(27)32(40)29-20-25(33(41)42-4)11-12-28(29)31-34-30(23(2)39)22-37(31)14-8-13-36-17-15-35(3)16-18-36/h6-7,9-12,20,22,27H,5,8,13-19,21H2,1-4H3/t27-/m1/s1. The zero-order valence-electron chi connectivity index (χ0n) is 25.1. The molecule has 0 unspecified atom stereocenters. The fraction of sp³-hybridized carbons (Fsp3) is 0.455. The van der Waals surface area contributed by atoms with Crippen LogP contribution in [0, 0.1) is 0 Å². The number of aromatic nitrogens is 2. The normalized spacial score (nSPS) is 17.6. The van der Waals surface area contributed by atoms with Gasteiger partial charge in [-0.2, -0.15) is 0 Å². The van der Waals surface area contributed by atoms with Gasteiger partial charge in [-0.15, -0.1) is 0 Å². The Morgan fingerprint density at radius 1 is 1.00 bits per heavy atom. The van der Waals surface area contributed by atoms with Crippen LogP contribution < -0.4 is 0 Å². The highest BCUT2D eigenvalue weighted by Crippen LogP contribution is 2.31. The third-order valence-electron chi connectivity index (χ3n) is 8.61. The van der Waals surface area contributed by atoms with Crippen LogP contribution in [0.3, 0.4) is 0 Å². The molecule has 0 bridgehead atoms. The van der Waals surface area contributed by atoms with Gasteiger partial charge in [0, 0.05) is 64.0 Å². The molecule has 0 aliphatic carbocycles. The van der Waals surface area contributed by atoms with Crippen LogP contribution in [0.15, 0.2) is 48.7 Å². The summed E-state index contributed by atoms with van der Waals surface area (Å²) in [4.78, 5) is 50.8. The zero-order chi connectivity index (χ0) is 29.8. The molecule has 9 heteroatoms. The third kappa shape index (κ3) is 6.32. The Bertz CT molecular complexity index is 1460. The van der Waals surface area contributed by atoms with Crippen molar-refractivity contribution < 1.29 is 19.1 Å². The number of fused-ring (bicyclic) bond motifs is 1. The highest BCUT2D eigenvalue weighted by molar-refractivity contribution is 6.03. The number of amides is 1. The average Bonchev–Trinajstić information content (AvgIpc) is 3.44. The molecule has 3 aromatic rings. The molecule has 2 aliphatic rings. The van der Waals surface area contributed by atoms with Crippen LogP contribution in [0.5, 0.6) is 0 Å². The smallest absolute Gasteiger partial charge is 0.337 e. The van der Waals surface area contributed by atoms with Crippen LogP contribution in [-0.4, -0.2) is 94.8 Å². The van der Waals surface area contributed by atoms with Gasteiger partial charge < -0.3 is 24.0 Å². The molecular weight excluding hydrogens is 530 g/mol. The van der Waals surface area contributed by atoms with Crippen LogP contribution in [0.1, 0.15) is 69.0 Å². The van der Waals surface area contributed by atoms with Crippen LogP contribution in [-0.2, 0) is 24.2 Å². The number of nitrogens with zero attached hydrogens (tertiary/aromatic N) is 5. The molecule has 1 fully saturated rings. The first-order chi connectivity index (χ1) is 20.3. The lowest BCUT2D eigenvalue weighted by atomic mass is 9.91. The minimum atomic E-state index is -0.508. The SMILES string of the molecule is CC[C@@H]1Cc2ccccc2CN1C(=O)c1cc(C(=O)OC)ccc1-c1nc(C(C)=O)cn1CCCN1CCN(C)CC1. The molecule has 1 aromatic heterocycles. The van der Waals surface area contributed by atoms with E-state index in [2.05, 4.69) is 35.9 Å². The van der Waals surface area contributed by atoms with Gasteiger partial charge in [-0.3, -0.25) is 9.59 Å². The monoisotopic (exact) mass is 571 g/mol. The van der Waals surface area contributed by atoms with E-state index in [0.29, 0.717) is 41.3 Å². The van der Waals surface area contributed by atoms with E-state index in [1.54, 1.807) is 24.4 Å². The molecule has 0 saturated carbocycles. The van der Waals surface area contributed by atoms with Crippen molar-refractivity contribution in [1.29, 1.82) is 0 Å². The van der Waals surface area contributed by atoms with Gasteiger partial charge in [0.2, 0.25) is 0 Å². The van der Waals surface area contributed by atoms with Gasteiger partial charge >= 0.3 is 5.97 Å². The second kappa shape index (κ2) is 13.0. The molecule has 0 N–H and O–H groups in total. The fourth-order valence-corrected chi connectivity index (χ4v) is 6.01. The summed E-state index contributed by atoms with van der Waals surface area (Å²) in [5.41, 5.74) is 4.04. The number of likely N-dealkylation sites (N-methyl/N-ethyl adjacent to an activating group) is 1. The van der Waals surface area contributed by atoms with Gasteiger partial charge in [-0.05, 0) is 62.2 Å². The Morgan fingerprint density at radius 3 is 2.43 bits per heavy atom. The predicted molar refractivity (Wildman–Crippen MR) is 162 cm³/mol. The number of imidazole rings is 1. The lowest BCUT2D eigenvalue weighted by molar-refractivity contribution is 0.0600. The minimum absolute atomic E-state index is 0.0261. The summed E-state index contributed by atoms with van der Waals surface area (Å²) in [6.07, 6.45) is 4.26. The molecule has 1 atom stereocenters. The molecule has 42 heavy (non-hydrogen) atoms. The van der Waals surface area contributed by atoms with Gasteiger partial charge in [0.25, 0.3) is 5.91 Å². The molecule has 3 heterocycles. The van der Waals surface area contributed by atoms with Gasteiger partial charge in [-0.25, -0.2) is 9.78 Å². The number of ketones is 1. The van der Waals surface area contributed by atoms with E-state index in [1.807, 2.05) is 21.6 Å². The summed E-state index contributed by atoms with van der Waals surface area (Å²) < 4.78 is 6.98. The first-order valence-electron chi connectivity index (χ1n) is 14.9. The number of methoxy groups -OCH3 is 1. The molecule has 2 aliphatic heterocycles. The van der Waals surface area contributed by atoms with Crippen molar-refractivity contribution in [3.63, 3.8) is 0 Å². The Kier molecular flexibility index (Phi) is 9.18. The largest absolute Gasteiger partial charge is 0.465 e. The first-order valence-corrected chi connectivity index (χ1v) is 14.9. The summed E-state index contributed by atoms with van der Waals surface area (Å²) in [6, 6.07) is 13.3. The number of hydrogen-bond donors (Lipinski definition) is 0. The molecule has 9 nitrogen and oxygen atoms in total. The Labute approximate surface area is 248 Å². The summed E-state index contributed by atoms with van der Waals surface area (Å²) in [7, 11) is 3.48. The van der Waals surface area contributed by atoms with E-state index in [4.69, 9.17) is 9.72 Å². The quantitative estimate of drug-likeness (QED) is 0.282. The second-order valence-corrected chi connectivity index (χ2v) is 11.4. The van der Waals surface area contributed by atoms with Crippen molar-refractivity contribution in [3.8, 4) is 11.4 Å². The van der Waals surface area contributed by atoms with Gasteiger partial charge in [0.15, 0.2) is 5.78 Å². The fourth-order valence-electron chi connectivity index (χ4n) is 6.01. The van der Waals surface area contributed by atoms with E-state index < -0.39 is 5.97 Å². The number of ether oxygens (including phenoxy) is 1. The maximum Gasteiger partial charge on any atom is 0.337 e. The van der Waals surface area contributed by atoms with Crippen LogP contribution in [0.25, 0.3) is 11.4 Å². The zero-order valence-corrected chi connectivity index (χ0v) is 25.1. The first kappa shape index (κ1) is 29.7. The summed E-state index contributed by atoms with van der Waals surface area (Å²) >= 11 is 0. The molecule has 1 amide bonds. The molecule has 1 saturated heterocycles. The van der Waals surface area contributed by atoms with Crippen LogP contribution in [0.2, 0.25) is 0 Å². The number of hydrogen-bond acceptors (Lipinski definition) is 7. The summed E-state index contributed by atoms with van der Waals surface area (Å²) in [6.45, 7) is 9.89. The Morgan fingerprint density at radius 2 is 1.74 bits per heavy atom. The van der Waals surface area contributed by atoms with E-state index in [-0.39, 0.29) is 17.7 Å². The minimum Gasteiger partial charge on any atom is -0.465 e. The number of Topliss-reactive ketones (excluding diaryl/α,β-unsaturated/α-hetero) is 1. The highest BCUT2D eigenvalue weighted by atomic mass is 16.5. The lowest BCUT2D eigenvalue weighted by Gasteiger charge is -2.37. The molecule has 0 spiro atoms. The van der Waals surface area contributed by atoms with Crippen molar-refractivity contribution in [1.82, 2.24) is 24.3 Å². The number of carbonyl (C=O) groups excluding carboxylic acids is 3. The number of carbonyl (C=O) groups is 3. The Balaban J connectivity index is 1.50. The number of piperazine rings is 1. The van der Waals surface area contributed by atoms with Crippen LogP contribution >= 0.6 is 0 Å². The van der Waals surface area contributed by atoms with Crippen molar-refractivity contribution in [2.24, 2.45) is 0 Å². The molecular formula is C33H41N5O4. The van der Waals surface area contributed by atoms with Crippen molar-refractivity contribution >= 4 is 17.7 Å². The molecule has 2 aromatic carbocycles. The maximum atomic E-state index is 14.4. The second-order valence-electron chi connectivity index (χ2n) is 11.4. The predicted octanol–water partition coefficient (Wildman–Crippen LogP) is 4.15. The molecule has 222 valence electrons. The van der Waals surface area contributed by atoms with E-state index in [0.717, 1.165) is 57.5 Å². The number of esters is 1. The van der Waals surface area contributed by atoms with Gasteiger partial charge in [0.05, 0.1) is 18.2 Å². The third-order valence-corrected chi connectivity index (χ3v) is 8.61. The number of benzene rings is 2. The maximum absolute atomic E-state index is 14.4. The van der Waals surface area contributed by atoms with Crippen molar-refractivity contribution in [2.75, 3.05) is 46.9 Å². The van der Waals surface area contributed by atoms with Crippen LogP contribution in [0.4, 0.5) is 0 Å². The topological polar surface area (TPSA) is 88.0 Å². The average molecular weight is 572 g/mol. The lowest BCUT2D eigenvalue weighted by Crippen LogP contribution is -2.44. The highest BCUT2D eigenvalue weighted by Gasteiger charge is 2.32. The van der Waals surface area contributed by atoms with E-state index in [9.17, 15) is 14.4 Å². The Hall–Kier alpha value is -3.82. The molecule has 0 radical (unpaired) electrons. The van der Waals surface area contributed by atoms with Crippen molar-refractivity contribution in [3.05, 3.63) is 76.6 Å². The van der Waals surface area contributed by atoms with E-state index >= 15 is 0 Å². The van der Waals surface area contributed by atoms with Gasteiger partial charge in [0.1, 0.15) is 11.5 Å².